The number of nitrogens with one attached hydrogen (secondary N) is 3. The topological polar surface area (TPSA) is 146 Å². The van der Waals surface area contributed by atoms with Gasteiger partial charge in [-0.05, 0) is 53.9 Å². The number of nitrogens with zero attached hydrogens (tertiary/aromatic N) is 4. The van der Waals surface area contributed by atoms with Crippen LogP contribution >= 0.6 is 23.2 Å². The predicted octanol–water partition coefficient (Wildman–Crippen LogP) is 6.16. The van der Waals surface area contributed by atoms with Crippen molar-refractivity contribution in [3.8, 4) is 6.07 Å². The molecule has 4 aromatic rings. The second-order valence-electron chi connectivity index (χ2n) is 8.05. The number of amides is 1. The molecule has 0 saturated carbocycles. The SMILES string of the molecule is Cc1cc(C(C#N)c2ccc(Cl)cc2)c(Cl)cc1Nc1ncnc(NNC(=O)c2ccccc2)c1[N+](=O)[O-]. The Kier molecular flexibility index (Phi) is 8.01. The Morgan fingerprint density at radius 2 is 1.74 bits per heavy atom. The molecule has 0 aliphatic carbocycles. The lowest BCUT2D eigenvalue weighted by atomic mass is 9.91. The van der Waals surface area contributed by atoms with Crippen LogP contribution in [0.2, 0.25) is 10.0 Å². The summed E-state index contributed by atoms with van der Waals surface area (Å²) in [4.78, 5) is 31.5. The molecular weight excluding hydrogens is 529 g/mol. The quantitative estimate of drug-likeness (QED) is 0.175. The molecule has 1 heterocycles. The van der Waals surface area contributed by atoms with Gasteiger partial charge >= 0.3 is 5.69 Å². The van der Waals surface area contributed by atoms with Crippen molar-refractivity contribution >= 4 is 52.1 Å². The summed E-state index contributed by atoms with van der Waals surface area (Å²) in [7, 11) is 0. The highest BCUT2D eigenvalue weighted by molar-refractivity contribution is 6.32. The third kappa shape index (κ3) is 5.81. The van der Waals surface area contributed by atoms with Gasteiger partial charge in [0.25, 0.3) is 5.91 Å². The number of nitriles is 1. The van der Waals surface area contributed by atoms with Gasteiger partial charge in [-0.15, -0.1) is 0 Å². The van der Waals surface area contributed by atoms with Crippen LogP contribution in [0.15, 0.2) is 73.1 Å². The van der Waals surface area contributed by atoms with E-state index >= 15 is 0 Å². The number of benzene rings is 3. The maximum atomic E-state index is 12.3. The van der Waals surface area contributed by atoms with Crippen molar-refractivity contribution in [1.82, 2.24) is 15.4 Å². The minimum Gasteiger partial charge on any atom is -0.334 e. The summed E-state index contributed by atoms with van der Waals surface area (Å²) in [5, 5.41) is 25.5. The minimum absolute atomic E-state index is 0.122. The Morgan fingerprint density at radius 3 is 2.39 bits per heavy atom. The van der Waals surface area contributed by atoms with Crippen LogP contribution in [-0.2, 0) is 0 Å². The van der Waals surface area contributed by atoms with Gasteiger partial charge in [-0.3, -0.25) is 25.8 Å². The van der Waals surface area contributed by atoms with Gasteiger partial charge in [-0.1, -0.05) is 59.6 Å². The van der Waals surface area contributed by atoms with Crippen molar-refractivity contribution in [3.05, 3.63) is 115 Å². The average Bonchev–Trinajstić information content (AvgIpc) is 2.91. The maximum Gasteiger partial charge on any atom is 0.355 e. The molecule has 10 nitrogen and oxygen atoms in total. The molecular formula is C26H19Cl2N7O3. The van der Waals surface area contributed by atoms with Crippen LogP contribution in [0.25, 0.3) is 0 Å². The summed E-state index contributed by atoms with van der Waals surface area (Å²) in [6, 6.07) is 20.8. The Hall–Kier alpha value is -4.72. The molecule has 12 heteroatoms. The van der Waals surface area contributed by atoms with Gasteiger partial charge in [-0.2, -0.15) is 5.26 Å². The molecule has 0 bridgehead atoms. The molecule has 190 valence electrons. The molecule has 1 amide bonds. The number of hydrogen-bond donors (Lipinski definition) is 3. The molecule has 0 aliphatic heterocycles. The number of aromatic nitrogens is 2. The third-order valence-corrected chi connectivity index (χ3v) is 6.15. The first-order valence-corrected chi connectivity index (χ1v) is 11.9. The van der Waals surface area contributed by atoms with E-state index in [2.05, 4.69) is 32.2 Å². The van der Waals surface area contributed by atoms with Crippen LogP contribution in [0.5, 0.6) is 0 Å². The second-order valence-corrected chi connectivity index (χ2v) is 8.89. The van der Waals surface area contributed by atoms with Gasteiger partial charge in [0, 0.05) is 21.3 Å². The Balaban J connectivity index is 1.61. The first kappa shape index (κ1) is 26.3. The van der Waals surface area contributed by atoms with Crippen LogP contribution in [0.3, 0.4) is 0 Å². The summed E-state index contributed by atoms with van der Waals surface area (Å²) in [6.45, 7) is 1.77. The highest BCUT2D eigenvalue weighted by Crippen LogP contribution is 2.37. The summed E-state index contributed by atoms with van der Waals surface area (Å²) in [5.41, 5.74) is 7.15. The Bertz CT molecular complexity index is 1540. The maximum absolute atomic E-state index is 12.3. The van der Waals surface area contributed by atoms with Gasteiger partial charge in [-0.25, -0.2) is 9.97 Å². The highest BCUT2D eigenvalue weighted by atomic mass is 35.5. The fourth-order valence-electron chi connectivity index (χ4n) is 3.68. The number of carbonyl (C=O) groups excluding carboxylic acids is 1. The van der Waals surface area contributed by atoms with Crippen molar-refractivity contribution in [2.45, 2.75) is 12.8 Å². The molecule has 3 aromatic carbocycles. The number of aryl methyl sites for hydroxylation is 1. The molecule has 0 spiro atoms. The fourth-order valence-corrected chi connectivity index (χ4v) is 4.08. The van der Waals surface area contributed by atoms with Gasteiger partial charge in [0.05, 0.1) is 16.9 Å². The van der Waals surface area contributed by atoms with Gasteiger partial charge in [0.1, 0.15) is 6.33 Å². The first-order chi connectivity index (χ1) is 18.3. The third-order valence-electron chi connectivity index (χ3n) is 5.58. The molecule has 0 radical (unpaired) electrons. The zero-order chi connectivity index (χ0) is 27.2. The molecule has 4 rings (SSSR count). The molecule has 0 fully saturated rings. The monoisotopic (exact) mass is 547 g/mol. The number of carbonyl (C=O) groups is 1. The largest absolute Gasteiger partial charge is 0.355 e. The van der Waals surface area contributed by atoms with E-state index in [0.717, 1.165) is 11.9 Å². The van der Waals surface area contributed by atoms with Crippen LogP contribution in [0, 0.1) is 28.4 Å². The van der Waals surface area contributed by atoms with E-state index in [-0.39, 0.29) is 16.7 Å². The molecule has 0 aliphatic rings. The molecule has 38 heavy (non-hydrogen) atoms. The molecule has 1 atom stereocenters. The lowest BCUT2D eigenvalue weighted by Gasteiger charge is -2.17. The number of rotatable bonds is 8. The van der Waals surface area contributed by atoms with Crippen LogP contribution in [0.4, 0.5) is 23.0 Å². The first-order valence-electron chi connectivity index (χ1n) is 11.1. The summed E-state index contributed by atoms with van der Waals surface area (Å²) in [6.07, 6.45) is 1.11. The standard InChI is InChI=1S/C26H19Cl2N7O3/c1-15-11-19(20(13-29)16-7-9-18(27)10-8-16)21(28)12-22(15)32-24-23(35(37)38)25(31-14-30-24)33-34-26(36)17-5-3-2-4-6-17/h2-12,14,20H,1H3,(H,34,36)(H2,30,31,32,33). The van der Waals surface area contributed by atoms with Crippen molar-refractivity contribution in [3.63, 3.8) is 0 Å². The van der Waals surface area contributed by atoms with E-state index in [0.29, 0.717) is 27.4 Å². The number of nitro groups is 1. The minimum atomic E-state index is -0.670. The summed E-state index contributed by atoms with van der Waals surface area (Å²) >= 11 is 12.5. The van der Waals surface area contributed by atoms with Crippen molar-refractivity contribution in [2.24, 2.45) is 0 Å². The lowest BCUT2D eigenvalue weighted by Crippen LogP contribution is -2.30. The van der Waals surface area contributed by atoms with E-state index in [4.69, 9.17) is 23.2 Å². The number of hydrazine groups is 1. The van der Waals surface area contributed by atoms with E-state index in [1.165, 1.54) is 0 Å². The van der Waals surface area contributed by atoms with Crippen LogP contribution < -0.4 is 16.2 Å². The van der Waals surface area contributed by atoms with Crippen LogP contribution in [0.1, 0.15) is 33.0 Å². The van der Waals surface area contributed by atoms with E-state index in [1.54, 1.807) is 73.7 Å². The zero-order valence-corrected chi connectivity index (χ0v) is 21.3. The molecule has 0 saturated heterocycles. The van der Waals surface area contributed by atoms with E-state index < -0.39 is 22.4 Å². The number of halogens is 2. The average molecular weight is 548 g/mol. The summed E-state index contributed by atoms with van der Waals surface area (Å²) in [5.74, 6) is -1.49. The van der Waals surface area contributed by atoms with Crippen LogP contribution in [-0.4, -0.2) is 20.8 Å². The van der Waals surface area contributed by atoms with Crippen molar-refractivity contribution in [2.75, 3.05) is 10.7 Å². The number of hydrogen-bond acceptors (Lipinski definition) is 8. The summed E-state index contributed by atoms with van der Waals surface area (Å²) < 4.78 is 0. The van der Waals surface area contributed by atoms with Gasteiger partial charge < -0.3 is 5.32 Å². The Labute approximate surface area is 227 Å². The van der Waals surface area contributed by atoms with Gasteiger partial charge in [0.15, 0.2) is 0 Å². The van der Waals surface area contributed by atoms with E-state index in [1.807, 2.05) is 0 Å². The second kappa shape index (κ2) is 11.6. The number of anilines is 3. The molecule has 3 N–H and O–H groups in total. The van der Waals surface area contributed by atoms with Gasteiger partial charge in [0.2, 0.25) is 11.6 Å². The normalized spacial score (nSPS) is 11.2. The van der Waals surface area contributed by atoms with E-state index in [9.17, 15) is 20.2 Å². The predicted molar refractivity (Wildman–Crippen MR) is 145 cm³/mol. The fraction of sp³-hybridized carbons (Fsp3) is 0.0769. The molecule has 1 unspecified atom stereocenters. The zero-order valence-electron chi connectivity index (χ0n) is 19.8. The van der Waals surface area contributed by atoms with Crippen molar-refractivity contribution in [1.29, 1.82) is 5.26 Å². The smallest absolute Gasteiger partial charge is 0.334 e. The molecule has 1 aromatic heterocycles. The highest BCUT2D eigenvalue weighted by Gasteiger charge is 2.25. The van der Waals surface area contributed by atoms with Crippen molar-refractivity contribution < 1.29 is 9.72 Å². The lowest BCUT2D eigenvalue weighted by molar-refractivity contribution is -0.383. The Morgan fingerprint density at radius 1 is 1.05 bits per heavy atom.